The maximum atomic E-state index is 13.9. The van der Waals surface area contributed by atoms with Crippen LogP contribution in [-0.4, -0.2) is 37.8 Å². The first-order valence-corrected chi connectivity index (χ1v) is 11.0. The van der Waals surface area contributed by atoms with E-state index < -0.39 is 26.6 Å². The van der Waals surface area contributed by atoms with Crippen molar-refractivity contribution < 1.29 is 22.0 Å². The molecule has 1 saturated carbocycles. The van der Waals surface area contributed by atoms with Gasteiger partial charge in [-0.25, -0.2) is 17.2 Å². The quantitative estimate of drug-likeness (QED) is 0.845. The molecule has 0 bridgehead atoms. The Kier molecular flexibility index (Phi) is 6.15. The molecule has 0 radical (unpaired) electrons. The summed E-state index contributed by atoms with van der Waals surface area (Å²) in [6, 6.07) is 2.61. The first-order valence-electron chi connectivity index (χ1n) is 9.53. The summed E-state index contributed by atoms with van der Waals surface area (Å²) in [4.78, 5) is 11.8. The number of nitrogens with one attached hydrogen (secondary N) is 1. The largest absolute Gasteiger partial charge is 0.353 e. The monoisotopic (exact) mass is 400 g/mol. The first kappa shape index (κ1) is 20.2. The summed E-state index contributed by atoms with van der Waals surface area (Å²) in [6.07, 6.45) is 4.95. The van der Waals surface area contributed by atoms with Gasteiger partial charge in [0.1, 0.15) is 16.5 Å². The fraction of sp³-hybridized carbons (Fsp3) is 0.632. The van der Waals surface area contributed by atoms with Gasteiger partial charge in [-0.05, 0) is 62.6 Å². The highest BCUT2D eigenvalue weighted by Crippen LogP contribution is 2.27. The molecule has 0 atom stereocenters. The number of piperidine rings is 1. The van der Waals surface area contributed by atoms with Crippen molar-refractivity contribution in [2.75, 3.05) is 13.1 Å². The summed E-state index contributed by atoms with van der Waals surface area (Å²) in [5.74, 6) is -1.33. The van der Waals surface area contributed by atoms with Crippen molar-refractivity contribution in [2.45, 2.75) is 56.4 Å². The summed E-state index contributed by atoms with van der Waals surface area (Å²) in [7, 11) is -4.11. The van der Waals surface area contributed by atoms with E-state index in [9.17, 15) is 22.0 Å². The number of hydrogen-bond acceptors (Lipinski definition) is 3. The van der Waals surface area contributed by atoms with Crippen molar-refractivity contribution in [1.82, 2.24) is 9.62 Å². The Morgan fingerprint density at radius 2 is 1.70 bits per heavy atom. The van der Waals surface area contributed by atoms with Crippen LogP contribution < -0.4 is 5.32 Å². The molecule has 1 aliphatic carbocycles. The van der Waals surface area contributed by atoms with Gasteiger partial charge in [0.15, 0.2) is 0 Å². The highest BCUT2D eigenvalue weighted by atomic mass is 32.2. The lowest BCUT2D eigenvalue weighted by atomic mass is 9.87. The number of sulfonamides is 1. The molecule has 8 heteroatoms. The Bertz CT molecular complexity index is 784. The van der Waals surface area contributed by atoms with E-state index in [1.165, 1.54) is 0 Å². The Labute approximate surface area is 159 Å². The Hall–Kier alpha value is -1.54. The van der Waals surface area contributed by atoms with E-state index in [0.29, 0.717) is 24.8 Å². The molecule has 27 heavy (non-hydrogen) atoms. The van der Waals surface area contributed by atoms with E-state index >= 15 is 0 Å². The topological polar surface area (TPSA) is 66.5 Å². The zero-order chi connectivity index (χ0) is 19.6. The molecule has 1 aromatic rings. The molecule has 1 aromatic carbocycles. The predicted octanol–water partition coefficient (Wildman–Crippen LogP) is 3.06. The molecule has 3 rings (SSSR count). The zero-order valence-corrected chi connectivity index (χ0v) is 16.3. The second-order valence-corrected chi connectivity index (χ2v) is 9.62. The van der Waals surface area contributed by atoms with Crippen LogP contribution in [0.3, 0.4) is 0 Å². The summed E-state index contributed by atoms with van der Waals surface area (Å²) in [6.45, 7) is 2.46. The molecule has 5 nitrogen and oxygen atoms in total. The second kappa shape index (κ2) is 8.22. The van der Waals surface area contributed by atoms with Gasteiger partial charge in [0.25, 0.3) is 0 Å². The van der Waals surface area contributed by atoms with Crippen molar-refractivity contribution in [2.24, 2.45) is 11.8 Å². The highest BCUT2D eigenvalue weighted by Gasteiger charge is 2.34. The molecule has 1 saturated heterocycles. The summed E-state index contributed by atoms with van der Waals surface area (Å²) >= 11 is 0. The third-order valence-corrected chi connectivity index (χ3v) is 7.61. The minimum Gasteiger partial charge on any atom is -0.353 e. The minimum absolute atomic E-state index is 0.0245. The van der Waals surface area contributed by atoms with Gasteiger partial charge in [-0.2, -0.15) is 4.31 Å². The van der Waals surface area contributed by atoms with Crippen LogP contribution in [0.2, 0.25) is 0 Å². The molecule has 1 amide bonds. The van der Waals surface area contributed by atoms with Crippen LogP contribution in [0.25, 0.3) is 0 Å². The molecule has 150 valence electrons. The maximum absolute atomic E-state index is 13.9. The molecule has 1 heterocycles. The third kappa shape index (κ3) is 4.66. The standard InChI is InChI=1S/C19H26F2N2O3S/c1-13-2-5-16(6-3-13)22-19(24)14-8-10-23(11-9-14)27(25,26)18-12-15(20)4-7-17(18)21/h4,7,12-14,16H,2-3,5-6,8-11H2,1H3,(H,22,24). The highest BCUT2D eigenvalue weighted by molar-refractivity contribution is 7.89. The van der Waals surface area contributed by atoms with Gasteiger partial charge in [-0.1, -0.05) is 6.92 Å². The molecule has 0 spiro atoms. The van der Waals surface area contributed by atoms with E-state index in [4.69, 9.17) is 0 Å². The molecule has 2 aliphatic rings. The maximum Gasteiger partial charge on any atom is 0.246 e. The summed E-state index contributed by atoms with van der Waals surface area (Å²) in [5, 5.41) is 3.09. The summed E-state index contributed by atoms with van der Waals surface area (Å²) < 4.78 is 53.6. The van der Waals surface area contributed by atoms with E-state index in [2.05, 4.69) is 12.2 Å². The smallest absolute Gasteiger partial charge is 0.246 e. The third-order valence-electron chi connectivity index (χ3n) is 5.70. The van der Waals surface area contributed by atoms with Gasteiger partial charge in [0.05, 0.1) is 0 Å². The van der Waals surface area contributed by atoms with E-state index in [0.717, 1.165) is 42.1 Å². The Morgan fingerprint density at radius 3 is 2.33 bits per heavy atom. The first-order chi connectivity index (χ1) is 12.8. The van der Waals surface area contributed by atoms with Gasteiger partial charge >= 0.3 is 0 Å². The Morgan fingerprint density at radius 1 is 1.07 bits per heavy atom. The second-order valence-electron chi connectivity index (χ2n) is 7.72. The van der Waals surface area contributed by atoms with Crippen LogP contribution in [0, 0.1) is 23.5 Å². The average Bonchev–Trinajstić information content (AvgIpc) is 2.65. The average molecular weight is 400 g/mol. The number of rotatable bonds is 4. The lowest BCUT2D eigenvalue weighted by molar-refractivity contribution is -0.127. The van der Waals surface area contributed by atoms with Crippen LogP contribution in [0.5, 0.6) is 0 Å². The van der Waals surface area contributed by atoms with Gasteiger partial charge in [-0.3, -0.25) is 4.79 Å². The lowest BCUT2D eigenvalue weighted by Gasteiger charge is -2.33. The van der Waals surface area contributed by atoms with Crippen molar-refractivity contribution in [3.8, 4) is 0 Å². The van der Waals surface area contributed by atoms with Crippen LogP contribution in [0.4, 0.5) is 8.78 Å². The number of nitrogens with zero attached hydrogens (tertiary/aromatic N) is 1. The predicted molar refractivity (Wildman–Crippen MR) is 97.4 cm³/mol. The molecule has 0 aromatic heterocycles. The van der Waals surface area contributed by atoms with E-state index in [-0.39, 0.29) is 31.0 Å². The number of halogens is 2. The molecular weight excluding hydrogens is 374 g/mol. The van der Waals surface area contributed by atoms with Gasteiger partial charge in [-0.15, -0.1) is 0 Å². The number of benzene rings is 1. The minimum atomic E-state index is -4.11. The van der Waals surface area contributed by atoms with Gasteiger partial charge < -0.3 is 5.32 Å². The van der Waals surface area contributed by atoms with Crippen molar-refractivity contribution >= 4 is 15.9 Å². The Balaban J connectivity index is 1.58. The zero-order valence-electron chi connectivity index (χ0n) is 15.5. The van der Waals surface area contributed by atoms with Gasteiger partial charge in [0, 0.05) is 25.0 Å². The fourth-order valence-electron chi connectivity index (χ4n) is 3.90. The van der Waals surface area contributed by atoms with Crippen molar-refractivity contribution in [1.29, 1.82) is 0 Å². The number of carbonyl (C=O) groups is 1. The van der Waals surface area contributed by atoms with Crippen LogP contribution in [0.15, 0.2) is 23.1 Å². The molecular formula is C19H26F2N2O3S. The van der Waals surface area contributed by atoms with Gasteiger partial charge in [0.2, 0.25) is 15.9 Å². The number of amides is 1. The lowest BCUT2D eigenvalue weighted by Crippen LogP contribution is -2.46. The van der Waals surface area contributed by atoms with E-state index in [1.54, 1.807) is 0 Å². The number of carbonyl (C=O) groups excluding carboxylic acids is 1. The normalized spacial score (nSPS) is 25.3. The molecule has 0 unspecified atom stereocenters. The SMILES string of the molecule is CC1CCC(NC(=O)C2CCN(S(=O)(=O)c3cc(F)ccc3F)CC2)CC1. The van der Waals surface area contributed by atoms with E-state index in [1.807, 2.05) is 0 Å². The van der Waals surface area contributed by atoms with Crippen molar-refractivity contribution in [3.63, 3.8) is 0 Å². The van der Waals surface area contributed by atoms with Crippen LogP contribution in [-0.2, 0) is 14.8 Å². The number of hydrogen-bond donors (Lipinski definition) is 1. The summed E-state index contributed by atoms with van der Waals surface area (Å²) in [5.41, 5.74) is 0. The fourth-order valence-corrected chi connectivity index (χ4v) is 5.44. The molecule has 1 N–H and O–H groups in total. The van der Waals surface area contributed by atoms with Crippen molar-refractivity contribution in [3.05, 3.63) is 29.8 Å². The molecule has 2 fully saturated rings. The molecule has 1 aliphatic heterocycles. The van der Waals surface area contributed by atoms with Crippen LogP contribution >= 0.6 is 0 Å². The van der Waals surface area contributed by atoms with Crippen LogP contribution in [0.1, 0.15) is 45.4 Å².